The molecule has 0 fully saturated rings. The van der Waals surface area contributed by atoms with Crippen LogP contribution in [0.15, 0.2) is 48.5 Å². The molecule has 0 aliphatic carbocycles. The number of carboxylic acid groups (broad SMARTS) is 2. The lowest BCUT2D eigenvalue weighted by molar-refractivity contribution is -0.123. The molecule has 0 bridgehead atoms. The molecule has 2 rings (SSSR count). The molecule has 84 valence electrons. The van der Waals surface area contributed by atoms with Crippen molar-refractivity contribution >= 4 is 23.7 Å². The number of rotatable bonds is 0. The van der Waals surface area contributed by atoms with Gasteiger partial charge in [0.2, 0.25) is 0 Å². The highest BCUT2D eigenvalue weighted by molar-refractivity contribution is 5.81. The molecule has 0 saturated heterocycles. The smallest absolute Gasteiger partial charge is 0.290 e. The van der Waals surface area contributed by atoms with Gasteiger partial charge in [-0.3, -0.25) is 9.59 Å². The largest absolute Gasteiger partial charge is 0.483 e. The molecule has 0 aliphatic rings. The molecule has 4 nitrogen and oxygen atoms in total. The van der Waals surface area contributed by atoms with Gasteiger partial charge in [-0.1, -0.05) is 48.5 Å². The van der Waals surface area contributed by atoms with Crippen LogP contribution in [-0.4, -0.2) is 23.2 Å². The second kappa shape index (κ2) is 9.21. The lowest BCUT2D eigenvalue weighted by Gasteiger charge is -1.92. The van der Waals surface area contributed by atoms with Gasteiger partial charge >= 0.3 is 0 Å². The standard InChI is InChI=1S/C10H8.2CH2O2/c1-2-6-10-8-4-3-7-9(10)5-1;2*2-1-3/h1-8H;2*1H,(H,2,3). The summed E-state index contributed by atoms with van der Waals surface area (Å²) in [6.07, 6.45) is 0. The van der Waals surface area contributed by atoms with Crippen molar-refractivity contribution in [3.63, 3.8) is 0 Å². The Morgan fingerprint density at radius 3 is 1.06 bits per heavy atom. The van der Waals surface area contributed by atoms with Crippen molar-refractivity contribution in [1.82, 2.24) is 0 Å². The van der Waals surface area contributed by atoms with Crippen molar-refractivity contribution < 1.29 is 19.8 Å². The van der Waals surface area contributed by atoms with E-state index in [1.807, 2.05) is 0 Å². The van der Waals surface area contributed by atoms with Gasteiger partial charge in [-0.25, -0.2) is 0 Å². The van der Waals surface area contributed by atoms with Crippen LogP contribution < -0.4 is 0 Å². The van der Waals surface area contributed by atoms with E-state index in [1.54, 1.807) is 0 Å². The summed E-state index contributed by atoms with van der Waals surface area (Å²) >= 11 is 0. The molecule has 2 aromatic rings. The third kappa shape index (κ3) is 5.39. The lowest BCUT2D eigenvalue weighted by atomic mass is 10.1. The maximum Gasteiger partial charge on any atom is 0.290 e. The fourth-order valence-electron chi connectivity index (χ4n) is 1.13. The van der Waals surface area contributed by atoms with Crippen molar-refractivity contribution in [3.05, 3.63) is 48.5 Å². The zero-order chi connectivity index (χ0) is 12.2. The first-order valence-electron chi connectivity index (χ1n) is 4.39. The highest BCUT2D eigenvalue weighted by Gasteiger charge is 1.85. The predicted molar refractivity (Wildman–Crippen MR) is 61.3 cm³/mol. The molecule has 0 atom stereocenters. The molecule has 2 aromatic carbocycles. The molecule has 0 amide bonds. The zero-order valence-corrected chi connectivity index (χ0v) is 8.48. The number of benzene rings is 2. The fraction of sp³-hybridized carbons (Fsp3) is 0. The summed E-state index contributed by atoms with van der Waals surface area (Å²) < 4.78 is 0. The van der Waals surface area contributed by atoms with Crippen molar-refractivity contribution in [3.8, 4) is 0 Å². The van der Waals surface area contributed by atoms with Gasteiger partial charge in [-0.15, -0.1) is 0 Å². The molecular formula is C12H12O4. The van der Waals surface area contributed by atoms with E-state index in [0.29, 0.717) is 0 Å². The molecular weight excluding hydrogens is 208 g/mol. The highest BCUT2D eigenvalue weighted by atomic mass is 16.3. The molecule has 0 radical (unpaired) electrons. The Bertz CT molecular complexity index is 355. The molecule has 0 unspecified atom stereocenters. The topological polar surface area (TPSA) is 74.6 Å². The molecule has 2 N–H and O–H groups in total. The van der Waals surface area contributed by atoms with E-state index in [9.17, 15) is 0 Å². The molecule has 16 heavy (non-hydrogen) atoms. The summed E-state index contributed by atoms with van der Waals surface area (Å²) in [6.45, 7) is -0.500. The molecule has 0 aromatic heterocycles. The maximum absolute atomic E-state index is 8.36. The predicted octanol–water partition coefficient (Wildman–Crippen LogP) is 2.24. The van der Waals surface area contributed by atoms with E-state index in [0.717, 1.165) is 0 Å². The van der Waals surface area contributed by atoms with Gasteiger partial charge in [-0.05, 0) is 10.8 Å². The van der Waals surface area contributed by atoms with E-state index in [-0.39, 0.29) is 12.9 Å². The van der Waals surface area contributed by atoms with E-state index in [4.69, 9.17) is 19.8 Å². The maximum atomic E-state index is 8.36. The van der Waals surface area contributed by atoms with E-state index in [2.05, 4.69) is 48.5 Å². The Balaban J connectivity index is 0.000000321. The summed E-state index contributed by atoms with van der Waals surface area (Å²) in [5.74, 6) is 0. The summed E-state index contributed by atoms with van der Waals surface area (Å²) in [5, 5.41) is 16.4. The van der Waals surface area contributed by atoms with Crippen LogP contribution in [0.3, 0.4) is 0 Å². The fourth-order valence-corrected chi connectivity index (χ4v) is 1.13. The van der Waals surface area contributed by atoms with Crippen LogP contribution in [0.5, 0.6) is 0 Å². The minimum absolute atomic E-state index is 0.250. The molecule has 0 saturated carbocycles. The highest BCUT2D eigenvalue weighted by Crippen LogP contribution is 2.11. The van der Waals surface area contributed by atoms with Crippen molar-refractivity contribution in [1.29, 1.82) is 0 Å². The zero-order valence-electron chi connectivity index (χ0n) is 8.48. The van der Waals surface area contributed by atoms with E-state index < -0.39 is 0 Å². The second-order valence-electron chi connectivity index (χ2n) is 2.56. The monoisotopic (exact) mass is 220 g/mol. The van der Waals surface area contributed by atoms with Crippen molar-refractivity contribution in [2.75, 3.05) is 0 Å². The van der Waals surface area contributed by atoms with Crippen LogP contribution in [0.4, 0.5) is 0 Å². The van der Waals surface area contributed by atoms with Gasteiger partial charge < -0.3 is 10.2 Å². The number of fused-ring (bicyclic) bond motifs is 1. The first-order valence-corrected chi connectivity index (χ1v) is 4.39. The van der Waals surface area contributed by atoms with E-state index in [1.165, 1.54) is 10.8 Å². The number of carbonyl (C=O) groups is 2. The van der Waals surface area contributed by atoms with E-state index >= 15 is 0 Å². The third-order valence-corrected chi connectivity index (χ3v) is 1.66. The minimum atomic E-state index is -0.250. The minimum Gasteiger partial charge on any atom is -0.483 e. The first-order chi connectivity index (χ1) is 7.79. The van der Waals surface area contributed by atoms with Crippen LogP contribution in [0.1, 0.15) is 0 Å². The van der Waals surface area contributed by atoms with Gasteiger partial charge in [0.1, 0.15) is 0 Å². The number of hydrogen-bond donors (Lipinski definition) is 2. The molecule has 0 spiro atoms. The Morgan fingerprint density at radius 2 is 0.875 bits per heavy atom. The normalized spacial score (nSPS) is 7.75. The van der Waals surface area contributed by atoms with Crippen molar-refractivity contribution in [2.45, 2.75) is 0 Å². The van der Waals surface area contributed by atoms with Crippen molar-refractivity contribution in [2.24, 2.45) is 0 Å². The van der Waals surface area contributed by atoms with Gasteiger partial charge in [0, 0.05) is 0 Å². The first kappa shape index (κ1) is 13.6. The Labute approximate surface area is 92.8 Å². The second-order valence-corrected chi connectivity index (χ2v) is 2.56. The molecule has 4 heteroatoms. The van der Waals surface area contributed by atoms with Crippen LogP contribution in [-0.2, 0) is 9.59 Å². The Hall–Kier alpha value is -2.36. The lowest BCUT2D eigenvalue weighted by Crippen LogP contribution is -1.67. The Kier molecular flexibility index (Phi) is 7.85. The average molecular weight is 220 g/mol. The average Bonchev–Trinajstić information content (AvgIpc) is 2.31. The van der Waals surface area contributed by atoms with Crippen LogP contribution in [0, 0.1) is 0 Å². The summed E-state index contributed by atoms with van der Waals surface area (Å²) in [5.41, 5.74) is 0. The quantitative estimate of drug-likeness (QED) is 0.667. The van der Waals surface area contributed by atoms with Gasteiger partial charge in [0.15, 0.2) is 0 Å². The van der Waals surface area contributed by atoms with Gasteiger partial charge in [0.25, 0.3) is 12.9 Å². The Morgan fingerprint density at radius 1 is 0.688 bits per heavy atom. The van der Waals surface area contributed by atoms with Crippen LogP contribution >= 0.6 is 0 Å². The van der Waals surface area contributed by atoms with Crippen LogP contribution in [0.2, 0.25) is 0 Å². The summed E-state index contributed by atoms with van der Waals surface area (Å²) in [6, 6.07) is 16.7. The SMILES string of the molecule is O=CO.O=CO.c1ccc2ccccc2c1. The number of hydrogen-bond acceptors (Lipinski definition) is 2. The third-order valence-electron chi connectivity index (χ3n) is 1.66. The summed E-state index contributed by atoms with van der Waals surface area (Å²) in [4.78, 5) is 16.7. The molecule has 0 heterocycles. The van der Waals surface area contributed by atoms with Crippen LogP contribution in [0.25, 0.3) is 10.8 Å². The summed E-state index contributed by atoms with van der Waals surface area (Å²) in [7, 11) is 0. The van der Waals surface area contributed by atoms with Gasteiger partial charge in [0.05, 0.1) is 0 Å². The molecule has 0 aliphatic heterocycles. The van der Waals surface area contributed by atoms with Gasteiger partial charge in [-0.2, -0.15) is 0 Å².